The largest absolute Gasteiger partial charge is 0.329 e. The zero-order chi connectivity index (χ0) is 16.6. The van der Waals surface area contributed by atoms with E-state index in [-0.39, 0.29) is 16.5 Å². The van der Waals surface area contributed by atoms with Crippen LogP contribution in [0.4, 0.5) is 4.39 Å². The van der Waals surface area contributed by atoms with Crippen molar-refractivity contribution in [2.45, 2.75) is 33.4 Å². The number of nitrogens with zero attached hydrogens (tertiary/aromatic N) is 4. The Morgan fingerprint density at radius 3 is 2.83 bits per heavy atom. The highest BCUT2D eigenvalue weighted by atomic mass is 35.5. The van der Waals surface area contributed by atoms with Crippen molar-refractivity contribution in [1.82, 2.24) is 19.7 Å². The number of amides is 1. The van der Waals surface area contributed by atoms with E-state index in [4.69, 9.17) is 11.6 Å². The van der Waals surface area contributed by atoms with Crippen molar-refractivity contribution in [3.8, 4) is 0 Å². The van der Waals surface area contributed by atoms with Crippen molar-refractivity contribution < 1.29 is 9.18 Å². The van der Waals surface area contributed by atoms with E-state index in [0.29, 0.717) is 25.6 Å². The van der Waals surface area contributed by atoms with Gasteiger partial charge in [0, 0.05) is 24.5 Å². The third-order valence-corrected chi connectivity index (χ3v) is 4.10. The first kappa shape index (κ1) is 15.9. The molecule has 0 spiro atoms. The lowest BCUT2D eigenvalue weighted by atomic mass is 10.1. The van der Waals surface area contributed by atoms with Crippen LogP contribution in [0, 0.1) is 11.7 Å². The second-order valence-corrected chi connectivity index (χ2v) is 6.57. The van der Waals surface area contributed by atoms with Gasteiger partial charge in [0.15, 0.2) is 5.82 Å². The molecule has 1 aromatic carbocycles. The van der Waals surface area contributed by atoms with Crippen molar-refractivity contribution in [3.63, 3.8) is 0 Å². The Bertz CT molecular complexity index is 744. The van der Waals surface area contributed by atoms with Gasteiger partial charge < -0.3 is 9.47 Å². The molecule has 0 atom stereocenters. The lowest BCUT2D eigenvalue weighted by molar-refractivity contribution is 0.0701. The van der Waals surface area contributed by atoms with Gasteiger partial charge in [0.25, 0.3) is 5.91 Å². The molecule has 1 aromatic heterocycles. The number of carbonyl (C=O) groups is 1. The van der Waals surface area contributed by atoms with E-state index in [1.165, 1.54) is 12.1 Å². The SMILES string of the molecule is CC(C)Cc1nnc2n1CCN(C(=O)c1ccc(Cl)cc1F)C2. The van der Waals surface area contributed by atoms with Crippen LogP contribution in [0.1, 0.15) is 35.9 Å². The Labute approximate surface area is 139 Å². The van der Waals surface area contributed by atoms with E-state index in [0.717, 1.165) is 24.1 Å². The summed E-state index contributed by atoms with van der Waals surface area (Å²) in [5.41, 5.74) is 0.0322. The van der Waals surface area contributed by atoms with Crippen molar-refractivity contribution in [2.24, 2.45) is 5.92 Å². The zero-order valence-electron chi connectivity index (χ0n) is 13.1. The molecule has 0 N–H and O–H groups in total. The lowest BCUT2D eigenvalue weighted by Gasteiger charge is -2.28. The maximum atomic E-state index is 13.9. The predicted molar refractivity (Wildman–Crippen MR) is 84.7 cm³/mol. The molecule has 3 rings (SSSR count). The molecule has 5 nitrogen and oxygen atoms in total. The summed E-state index contributed by atoms with van der Waals surface area (Å²) >= 11 is 5.73. The standard InChI is InChI=1S/C16H18ClFN4O/c1-10(2)7-14-19-20-15-9-21(5-6-22(14)15)16(23)12-4-3-11(17)8-13(12)18/h3-4,8,10H,5-7,9H2,1-2H3. The highest BCUT2D eigenvalue weighted by Crippen LogP contribution is 2.20. The summed E-state index contributed by atoms with van der Waals surface area (Å²) in [6, 6.07) is 4.09. The van der Waals surface area contributed by atoms with E-state index in [1.807, 2.05) is 0 Å². The summed E-state index contributed by atoms with van der Waals surface area (Å²) in [4.78, 5) is 14.1. The van der Waals surface area contributed by atoms with Gasteiger partial charge in [-0.25, -0.2) is 4.39 Å². The number of rotatable bonds is 3. The van der Waals surface area contributed by atoms with Gasteiger partial charge in [-0.05, 0) is 24.1 Å². The Kier molecular flexibility index (Phi) is 4.35. The number of hydrogen-bond acceptors (Lipinski definition) is 3. The molecule has 1 aliphatic rings. The van der Waals surface area contributed by atoms with Crippen LogP contribution in [-0.2, 0) is 19.5 Å². The molecular weight excluding hydrogens is 319 g/mol. The minimum Gasteiger partial charge on any atom is -0.329 e. The van der Waals surface area contributed by atoms with Crippen molar-refractivity contribution in [1.29, 1.82) is 0 Å². The molecule has 2 heterocycles. The third kappa shape index (κ3) is 3.22. The second kappa shape index (κ2) is 6.28. The fraction of sp³-hybridized carbons (Fsp3) is 0.438. The summed E-state index contributed by atoms with van der Waals surface area (Å²) < 4.78 is 16.0. The van der Waals surface area contributed by atoms with Gasteiger partial charge in [-0.15, -0.1) is 10.2 Å². The van der Waals surface area contributed by atoms with Crippen LogP contribution < -0.4 is 0 Å². The van der Waals surface area contributed by atoms with Gasteiger partial charge in [-0.1, -0.05) is 25.4 Å². The number of hydrogen-bond donors (Lipinski definition) is 0. The quantitative estimate of drug-likeness (QED) is 0.866. The monoisotopic (exact) mass is 336 g/mol. The van der Waals surface area contributed by atoms with Crippen LogP contribution >= 0.6 is 11.6 Å². The second-order valence-electron chi connectivity index (χ2n) is 6.13. The van der Waals surface area contributed by atoms with E-state index in [9.17, 15) is 9.18 Å². The predicted octanol–water partition coefficient (Wildman–Crippen LogP) is 2.93. The number of carbonyl (C=O) groups excluding carboxylic acids is 1. The molecule has 0 bridgehead atoms. The molecule has 0 fully saturated rings. The molecule has 1 aliphatic heterocycles. The van der Waals surface area contributed by atoms with Crippen LogP contribution in [0.15, 0.2) is 18.2 Å². The molecule has 0 radical (unpaired) electrons. The van der Waals surface area contributed by atoms with E-state index in [2.05, 4.69) is 28.6 Å². The molecule has 23 heavy (non-hydrogen) atoms. The minimum absolute atomic E-state index is 0.0322. The summed E-state index contributed by atoms with van der Waals surface area (Å²) in [5, 5.41) is 8.67. The number of benzene rings is 1. The van der Waals surface area contributed by atoms with Crippen molar-refractivity contribution in [3.05, 3.63) is 46.3 Å². The molecule has 0 unspecified atom stereocenters. The van der Waals surface area contributed by atoms with Gasteiger partial charge in [-0.3, -0.25) is 4.79 Å². The maximum absolute atomic E-state index is 13.9. The minimum atomic E-state index is -0.602. The summed E-state index contributed by atoms with van der Waals surface area (Å²) in [5.74, 6) is 1.23. The molecule has 1 amide bonds. The van der Waals surface area contributed by atoms with Gasteiger partial charge in [0.1, 0.15) is 11.6 Å². The number of fused-ring (bicyclic) bond motifs is 1. The summed E-state index contributed by atoms with van der Waals surface area (Å²) in [6.45, 7) is 5.74. The zero-order valence-corrected chi connectivity index (χ0v) is 13.8. The molecule has 0 saturated carbocycles. The Morgan fingerprint density at radius 2 is 2.13 bits per heavy atom. The Morgan fingerprint density at radius 1 is 1.35 bits per heavy atom. The van der Waals surface area contributed by atoms with Crippen molar-refractivity contribution in [2.75, 3.05) is 6.54 Å². The van der Waals surface area contributed by atoms with E-state index in [1.54, 1.807) is 4.90 Å². The third-order valence-electron chi connectivity index (χ3n) is 3.87. The molecular formula is C16H18ClFN4O. The first-order chi connectivity index (χ1) is 11.0. The Balaban J connectivity index is 1.79. The van der Waals surface area contributed by atoms with Gasteiger partial charge in [0.2, 0.25) is 0 Å². The summed E-state index contributed by atoms with van der Waals surface area (Å²) in [6.07, 6.45) is 0.854. The van der Waals surface area contributed by atoms with Crippen LogP contribution in [0.3, 0.4) is 0 Å². The molecule has 122 valence electrons. The van der Waals surface area contributed by atoms with Crippen LogP contribution in [0.5, 0.6) is 0 Å². The molecule has 0 aliphatic carbocycles. The maximum Gasteiger partial charge on any atom is 0.257 e. The lowest BCUT2D eigenvalue weighted by Crippen LogP contribution is -2.39. The van der Waals surface area contributed by atoms with Gasteiger partial charge >= 0.3 is 0 Å². The smallest absolute Gasteiger partial charge is 0.257 e. The molecule has 0 saturated heterocycles. The topological polar surface area (TPSA) is 51.0 Å². The van der Waals surface area contributed by atoms with E-state index >= 15 is 0 Å². The normalized spacial score (nSPS) is 14.2. The highest BCUT2D eigenvalue weighted by molar-refractivity contribution is 6.30. The fourth-order valence-corrected chi connectivity index (χ4v) is 2.90. The average Bonchev–Trinajstić information content (AvgIpc) is 2.88. The number of halogens is 2. The van der Waals surface area contributed by atoms with E-state index < -0.39 is 5.82 Å². The van der Waals surface area contributed by atoms with Crippen molar-refractivity contribution >= 4 is 17.5 Å². The average molecular weight is 337 g/mol. The van der Waals surface area contributed by atoms with Gasteiger partial charge in [-0.2, -0.15) is 0 Å². The first-order valence-corrected chi connectivity index (χ1v) is 7.98. The Hall–Kier alpha value is -1.95. The van der Waals surface area contributed by atoms with Crippen LogP contribution in [-0.4, -0.2) is 32.1 Å². The fourth-order valence-electron chi connectivity index (χ4n) is 2.74. The van der Waals surface area contributed by atoms with Crippen LogP contribution in [0.25, 0.3) is 0 Å². The van der Waals surface area contributed by atoms with Gasteiger partial charge in [0.05, 0.1) is 12.1 Å². The van der Waals surface area contributed by atoms with Crippen LogP contribution in [0.2, 0.25) is 5.02 Å². The molecule has 2 aromatic rings. The number of aromatic nitrogens is 3. The first-order valence-electron chi connectivity index (χ1n) is 7.61. The molecule has 7 heteroatoms. The summed E-state index contributed by atoms with van der Waals surface area (Å²) in [7, 11) is 0. The highest BCUT2D eigenvalue weighted by Gasteiger charge is 2.26.